The summed E-state index contributed by atoms with van der Waals surface area (Å²) < 4.78 is 14.7. The lowest BCUT2D eigenvalue weighted by atomic mass is 9.84. The van der Waals surface area contributed by atoms with Gasteiger partial charge in [-0.25, -0.2) is 4.39 Å². The largest absolute Gasteiger partial charge is 0.341 e. The van der Waals surface area contributed by atoms with Gasteiger partial charge in [-0.05, 0) is 55.7 Å². The van der Waals surface area contributed by atoms with Gasteiger partial charge in [-0.1, -0.05) is 30.3 Å². The molecule has 3 fully saturated rings. The van der Waals surface area contributed by atoms with Crippen molar-refractivity contribution in [2.24, 2.45) is 22.6 Å². The van der Waals surface area contributed by atoms with Crippen molar-refractivity contribution in [2.45, 2.75) is 37.8 Å². The minimum Gasteiger partial charge on any atom is -0.341 e. The van der Waals surface area contributed by atoms with E-state index in [9.17, 15) is 14.0 Å². The summed E-state index contributed by atoms with van der Waals surface area (Å²) in [5, 5.41) is 2.85. The Morgan fingerprint density at radius 1 is 1.00 bits per heavy atom. The Labute approximate surface area is 186 Å². The standard InChI is InChI=1S/C25H27FN4O2/c26-19-7-3-1-5-17(19)22-18-6-2-4-8-20(18)28-24(31)23(29-22)21(27)25(32)30-13-15-9-10-16(14-30)12-11-15/h1-8,15-16,21,23H,9-14,27H2,(H,28,31)/t15?,16?,21?,23-/m1/s1. The monoisotopic (exact) mass is 434 g/mol. The van der Waals surface area contributed by atoms with E-state index in [2.05, 4.69) is 10.3 Å². The number of nitrogens with one attached hydrogen (secondary N) is 1. The van der Waals surface area contributed by atoms with Crippen molar-refractivity contribution in [2.75, 3.05) is 18.4 Å². The molecule has 4 aliphatic rings. The number of halogens is 1. The van der Waals surface area contributed by atoms with Crippen molar-refractivity contribution in [1.82, 2.24) is 4.90 Å². The number of carbonyl (C=O) groups excluding carboxylic acids is 2. The van der Waals surface area contributed by atoms with Crippen molar-refractivity contribution >= 4 is 23.2 Å². The van der Waals surface area contributed by atoms with Crippen LogP contribution in [0.3, 0.4) is 0 Å². The van der Waals surface area contributed by atoms with Crippen LogP contribution in [-0.4, -0.2) is 47.6 Å². The number of para-hydroxylation sites is 1. The highest BCUT2D eigenvalue weighted by molar-refractivity contribution is 6.20. The molecule has 2 saturated heterocycles. The van der Waals surface area contributed by atoms with E-state index in [1.807, 2.05) is 4.90 Å². The second-order valence-electron chi connectivity index (χ2n) is 9.09. The van der Waals surface area contributed by atoms with Crippen LogP contribution in [0.25, 0.3) is 0 Å². The van der Waals surface area contributed by atoms with E-state index in [0.29, 0.717) is 41.9 Å². The third kappa shape index (κ3) is 3.81. The average Bonchev–Trinajstić information content (AvgIpc) is 3.20. The molecule has 3 aliphatic heterocycles. The number of nitrogens with two attached hydrogens (primary N) is 1. The zero-order valence-corrected chi connectivity index (χ0v) is 17.8. The van der Waals surface area contributed by atoms with Gasteiger partial charge in [-0.15, -0.1) is 0 Å². The minimum atomic E-state index is -1.15. The molecule has 6 nitrogen and oxygen atoms in total. The van der Waals surface area contributed by atoms with Crippen LogP contribution in [0.15, 0.2) is 53.5 Å². The lowest BCUT2D eigenvalue weighted by molar-refractivity contribution is -0.135. The van der Waals surface area contributed by atoms with Crippen LogP contribution in [0, 0.1) is 17.7 Å². The molecule has 1 aliphatic carbocycles. The molecule has 0 radical (unpaired) electrons. The molecule has 0 aromatic heterocycles. The first kappa shape index (κ1) is 20.8. The molecule has 2 amide bonds. The van der Waals surface area contributed by atoms with Crippen LogP contribution in [0.5, 0.6) is 0 Å². The molecule has 7 heteroatoms. The van der Waals surface area contributed by atoms with Crippen molar-refractivity contribution < 1.29 is 14.0 Å². The van der Waals surface area contributed by atoms with Gasteiger partial charge in [-0.2, -0.15) is 0 Å². The first-order valence-electron chi connectivity index (χ1n) is 11.3. The summed E-state index contributed by atoms with van der Waals surface area (Å²) in [6.45, 7) is 1.36. The second-order valence-corrected chi connectivity index (χ2v) is 9.09. The second kappa shape index (κ2) is 8.47. The zero-order valence-electron chi connectivity index (χ0n) is 17.8. The van der Waals surface area contributed by atoms with E-state index in [0.717, 1.165) is 25.7 Å². The predicted molar refractivity (Wildman–Crippen MR) is 121 cm³/mol. The van der Waals surface area contributed by atoms with Crippen LogP contribution >= 0.6 is 0 Å². The molecule has 2 bridgehead atoms. The van der Waals surface area contributed by atoms with Gasteiger partial charge in [0.05, 0.1) is 11.4 Å². The van der Waals surface area contributed by atoms with Gasteiger partial charge in [0.15, 0.2) is 6.04 Å². The predicted octanol–water partition coefficient (Wildman–Crippen LogP) is 2.96. The number of hydrogen-bond donors (Lipinski definition) is 2. The summed E-state index contributed by atoms with van der Waals surface area (Å²) in [6.07, 6.45) is 4.55. The highest BCUT2D eigenvalue weighted by Crippen LogP contribution is 2.34. The van der Waals surface area contributed by atoms with Gasteiger partial charge < -0.3 is 16.0 Å². The summed E-state index contributed by atoms with van der Waals surface area (Å²) in [5.74, 6) is -0.170. The van der Waals surface area contributed by atoms with Crippen LogP contribution < -0.4 is 11.1 Å². The molecule has 3 heterocycles. The molecule has 3 N–H and O–H groups in total. The van der Waals surface area contributed by atoms with Crippen LogP contribution in [0.2, 0.25) is 0 Å². The van der Waals surface area contributed by atoms with E-state index >= 15 is 0 Å². The van der Waals surface area contributed by atoms with E-state index in [1.165, 1.54) is 6.07 Å². The Hall–Kier alpha value is -3.06. The molecular formula is C25H27FN4O2. The molecule has 32 heavy (non-hydrogen) atoms. The summed E-state index contributed by atoms with van der Waals surface area (Å²) >= 11 is 0. The first-order valence-corrected chi connectivity index (χ1v) is 11.3. The first-order chi connectivity index (χ1) is 15.5. The summed E-state index contributed by atoms with van der Waals surface area (Å²) in [7, 11) is 0. The maximum Gasteiger partial charge on any atom is 0.251 e. The van der Waals surface area contributed by atoms with Crippen LogP contribution in [0.4, 0.5) is 10.1 Å². The highest BCUT2D eigenvalue weighted by atomic mass is 19.1. The van der Waals surface area contributed by atoms with Crippen molar-refractivity contribution in [1.29, 1.82) is 0 Å². The Kier molecular flexibility index (Phi) is 5.51. The number of anilines is 1. The molecule has 1 unspecified atom stereocenters. The maximum atomic E-state index is 14.7. The molecule has 0 spiro atoms. The smallest absolute Gasteiger partial charge is 0.251 e. The maximum absolute atomic E-state index is 14.7. The van der Waals surface area contributed by atoms with E-state index in [-0.39, 0.29) is 11.5 Å². The van der Waals surface area contributed by atoms with Gasteiger partial charge in [0.25, 0.3) is 5.91 Å². The average molecular weight is 435 g/mol. The molecule has 1 saturated carbocycles. The van der Waals surface area contributed by atoms with Gasteiger partial charge in [0.1, 0.15) is 11.9 Å². The SMILES string of the molecule is NC(C(=O)N1CC2CCC(CC2)C1)[C@H]1N=C(c2ccccc2F)c2ccccc2NC1=O. The molecule has 2 aromatic rings. The lowest BCUT2D eigenvalue weighted by Gasteiger charge is -2.28. The molecule has 2 atom stereocenters. The summed E-state index contributed by atoms with van der Waals surface area (Å²) in [5.41, 5.74) is 8.12. The Morgan fingerprint density at radius 2 is 1.59 bits per heavy atom. The Bertz CT molecular complexity index is 1060. The van der Waals surface area contributed by atoms with Gasteiger partial charge in [-0.3, -0.25) is 14.6 Å². The van der Waals surface area contributed by atoms with Gasteiger partial charge >= 0.3 is 0 Å². The zero-order chi connectivity index (χ0) is 22.2. The number of benzodiazepines with no additional fused rings is 1. The fourth-order valence-electron chi connectivity index (χ4n) is 5.20. The van der Waals surface area contributed by atoms with E-state index in [4.69, 9.17) is 5.73 Å². The van der Waals surface area contributed by atoms with Crippen LogP contribution in [0.1, 0.15) is 36.8 Å². The summed E-state index contributed by atoms with van der Waals surface area (Å²) in [6, 6.07) is 11.1. The lowest BCUT2D eigenvalue weighted by Crippen LogP contribution is -2.54. The number of amides is 2. The number of nitrogens with zero attached hydrogens (tertiary/aromatic N) is 2. The Morgan fingerprint density at radius 3 is 2.25 bits per heavy atom. The fourth-order valence-corrected chi connectivity index (χ4v) is 5.20. The molecule has 2 aromatic carbocycles. The van der Waals surface area contributed by atoms with Crippen LogP contribution in [-0.2, 0) is 9.59 Å². The third-order valence-electron chi connectivity index (χ3n) is 6.97. The highest BCUT2D eigenvalue weighted by Gasteiger charge is 2.39. The number of fused-ring (bicyclic) bond motifs is 5. The fraction of sp³-hybridized carbons (Fsp3) is 0.400. The number of carbonyl (C=O) groups is 2. The van der Waals surface area contributed by atoms with Gasteiger partial charge in [0.2, 0.25) is 5.91 Å². The number of hydrogen-bond acceptors (Lipinski definition) is 4. The topological polar surface area (TPSA) is 87.8 Å². The third-order valence-corrected chi connectivity index (χ3v) is 6.97. The van der Waals surface area contributed by atoms with Crippen molar-refractivity contribution in [3.63, 3.8) is 0 Å². The quantitative estimate of drug-likeness (QED) is 0.779. The Balaban J connectivity index is 1.52. The van der Waals surface area contributed by atoms with Crippen molar-refractivity contribution in [3.8, 4) is 0 Å². The minimum absolute atomic E-state index is 0.258. The molecular weight excluding hydrogens is 407 g/mol. The molecule has 166 valence electrons. The van der Waals surface area contributed by atoms with E-state index in [1.54, 1.807) is 42.5 Å². The number of aliphatic imine (C=N–C) groups is 1. The van der Waals surface area contributed by atoms with Crippen molar-refractivity contribution in [3.05, 3.63) is 65.5 Å². The number of benzene rings is 2. The molecule has 6 rings (SSSR count). The summed E-state index contributed by atoms with van der Waals surface area (Å²) in [4.78, 5) is 32.9. The number of rotatable bonds is 3. The van der Waals surface area contributed by atoms with E-state index < -0.39 is 23.8 Å². The normalized spacial score (nSPS) is 25.8. The van der Waals surface area contributed by atoms with Gasteiger partial charge in [0, 0.05) is 24.2 Å².